The third kappa shape index (κ3) is 4.69. The number of anilines is 2. The van der Waals surface area contributed by atoms with Gasteiger partial charge in [0.05, 0.1) is 27.0 Å². The van der Waals surface area contributed by atoms with Crippen molar-refractivity contribution in [1.82, 2.24) is 15.3 Å². The molecule has 1 amide bonds. The Morgan fingerprint density at radius 3 is 2.19 bits per heavy atom. The van der Waals surface area contributed by atoms with Crippen LogP contribution in [-0.2, 0) is 0 Å². The Morgan fingerprint density at radius 1 is 0.935 bits per heavy atom. The number of carbonyl (C=O) groups is 1. The monoisotopic (exact) mass is 420 g/mol. The highest BCUT2D eigenvalue weighted by atomic mass is 16.5. The molecular weight excluding hydrogens is 396 g/mol. The van der Waals surface area contributed by atoms with Crippen molar-refractivity contribution in [2.75, 3.05) is 26.6 Å². The average molecular weight is 420 g/mol. The molecule has 4 rings (SSSR count). The predicted octanol–water partition coefficient (Wildman–Crippen LogP) is 3.81. The van der Waals surface area contributed by atoms with Gasteiger partial charge in [0.15, 0.2) is 11.5 Å². The Morgan fingerprint density at radius 2 is 1.61 bits per heavy atom. The van der Waals surface area contributed by atoms with E-state index in [1.54, 1.807) is 33.5 Å². The summed E-state index contributed by atoms with van der Waals surface area (Å²) in [6.45, 7) is 0. The minimum absolute atomic E-state index is 0.0403. The fourth-order valence-electron chi connectivity index (χ4n) is 3.17. The molecular formula is C23H24N4O4. The molecule has 1 aromatic heterocycles. The van der Waals surface area contributed by atoms with Crippen LogP contribution in [0.15, 0.2) is 48.8 Å². The Kier molecular flexibility index (Phi) is 5.88. The maximum Gasteiger partial charge on any atom is 0.251 e. The van der Waals surface area contributed by atoms with E-state index in [0.717, 1.165) is 29.8 Å². The maximum atomic E-state index is 12.2. The normalized spacial score (nSPS) is 12.7. The summed E-state index contributed by atoms with van der Waals surface area (Å²) in [7, 11) is 4.70. The van der Waals surface area contributed by atoms with Gasteiger partial charge in [0.1, 0.15) is 12.1 Å². The van der Waals surface area contributed by atoms with Crippen molar-refractivity contribution in [2.45, 2.75) is 18.9 Å². The fourth-order valence-corrected chi connectivity index (χ4v) is 3.17. The van der Waals surface area contributed by atoms with Crippen LogP contribution in [0.5, 0.6) is 17.2 Å². The van der Waals surface area contributed by atoms with E-state index in [2.05, 4.69) is 20.6 Å². The van der Waals surface area contributed by atoms with Gasteiger partial charge in [-0.2, -0.15) is 0 Å². The average Bonchev–Trinajstić information content (AvgIpc) is 3.62. The van der Waals surface area contributed by atoms with E-state index in [0.29, 0.717) is 34.7 Å². The van der Waals surface area contributed by atoms with E-state index in [9.17, 15) is 4.79 Å². The third-order valence-electron chi connectivity index (χ3n) is 4.96. The van der Waals surface area contributed by atoms with Gasteiger partial charge >= 0.3 is 0 Å². The van der Waals surface area contributed by atoms with Crippen LogP contribution in [0.2, 0.25) is 0 Å². The van der Waals surface area contributed by atoms with Gasteiger partial charge in [0.25, 0.3) is 5.91 Å². The first-order chi connectivity index (χ1) is 15.1. The van der Waals surface area contributed by atoms with Gasteiger partial charge in [-0.25, -0.2) is 9.97 Å². The minimum atomic E-state index is -0.0403. The van der Waals surface area contributed by atoms with Crippen LogP contribution in [0, 0.1) is 0 Å². The van der Waals surface area contributed by atoms with Gasteiger partial charge in [-0.1, -0.05) is 12.1 Å². The molecule has 1 aliphatic rings. The van der Waals surface area contributed by atoms with Crippen molar-refractivity contribution in [1.29, 1.82) is 0 Å². The van der Waals surface area contributed by atoms with Crippen LogP contribution in [-0.4, -0.2) is 43.2 Å². The van der Waals surface area contributed by atoms with Gasteiger partial charge in [-0.05, 0) is 25.0 Å². The molecule has 0 radical (unpaired) electrons. The first-order valence-electron chi connectivity index (χ1n) is 9.91. The second kappa shape index (κ2) is 8.91. The van der Waals surface area contributed by atoms with E-state index in [1.165, 1.54) is 6.33 Å². The standard InChI is InChI=1S/C23H24N4O4/c1-29-19-10-17(11-20(30-2)22(19)31-3)26-21-12-18(24-13-25-21)14-4-6-15(7-5-14)23(28)27-16-8-9-16/h4-7,10-13,16H,8-9H2,1-3H3,(H,27,28)(H,24,25,26). The van der Waals surface area contributed by atoms with Crippen molar-refractivity contribution in [3.05, 3.63) is 54.4 Å². The van der Waals surface area contributed by atoms with E-state index < -0.39 is 0 Å². The number of hydrogen-bond donors (Lipinski definition) is 2. The Bertz CT molecular complexity index is 1060. The molecule has 1 saturated carbocycles. The summed E-state index contributed by atoms with van der Waals surface area (Å²) in [4.78, 5) is 20.8. The molecule has 0 aliphatic heterocycles. The molecule has 0 atom stereocenters. The second-order valence-electron chi connectivity index (χ2n) is 7.15. The SMILES string of the molecule is COc1cc(Nc2cc(-c3ccc(C(=O)NC4CC4)cc3)ncn2)cc(OC)c1OC. The van der Waals surface area contributed by atoms with Crippen molar-refractivity contribution in [3.8, 4) is 28.5 Å². The number of ether oxygens (including phenoxy) is 3. The molecule has 0 spiro atoms. The number of hydrogen-bond acceptors (Lipinski definition) is 7. The minimum Gasteiger partial charge on any atom is -0.493 e. The van der Waals surface area contributed by atoms with E-state index >= 15 is 0 Å². The van der Waals surface area contributed by atoms with E-state index in [1.807, 2.05) is 30.3 Å². The van der Waals surface area contributed by atoms with Crippen LogP contribution >= 0.6 is 0 Å². The lowest BCUT2D eigenvalue weighted by atomic mass is 10.1. The Balaban J connectivity index is 1.54. The maximum absolute atomic E-state index is 12.2. The molecule has 1 heterocycles. The fraction of sp³-hybridized carbons (Fsp3) is 0.261. The number of amides is 1. The van der Waals surface area contributed by atoms with Gasteiger partial charge in [-0.15, -0.1) is 0 Å². The first kappa shape index (κ1) is 20.5. The second-order valence-corrected chi connectivity index (χ2v) is 7.15. The summed E-state index contributed by atoms with van der Waals surface area (Å²) in [6.07, 6.45) is 3.61. The number of methoxy groups -OCH3 is 3. The Hall–Kier alpha value is -3.81. The van der Waals surface area contributed by atoms with Crippen molar-refractivity contribution in [2.24, 2.45) is 0 Å². The summed E-state index contributed by atoms with van der Waals surface area (Å²) >= 11 is 0. The molecule has 0 bridgehead atoms. The van der Waals surface area contributed by atoms with Gasteiger partial charge in [-0.3, -0.25) is 4.79 Å². The lowest BCUT2D eigenvalue weighted by Crippen LogP contribution is -2.25. The molecule has 31 heavy (non-hydrogen) atoms. The van der Waals surface area contributed by atoms with Gasteiger partial charge in [0, 0.05) is 41.1 Å². The van der Waals surface area contributed by atoms with Crippen molar-refractivity contribution >= 4 is 17.4 Å². The zero-order valence-corrected chi connectivity index (χ0v) is 17.6. The molecule has 2 N–H and O–H groups in total. The zero-order chi connectivity index (χ0) is 21.8. The Labute approximate surface area is 180 Å². The summed E-state index contributed by atoms with van der Waals surface area (Å²) < 4.78 is 16.2. The molecule has 1 aliphatic carbocycles. The number of carbonyl (C=O) groups excluding carboxylic acids is 1. The summed E-state index contributed by atoms with van der Waals surface area (Å²) in [5, 5.41) is 6.23. The topological polar surface area (TPSA) is 94.6 Å². The predicted molar refractivity (Wildman–Crippen MR) is 117 cm³/mol. The summed E-state index contributed by atoms with van der Waals surface area (Å²) in [5.41, 5.74) is 2.99. The quantitative estimate of drug-likeness (QED) is 0.572. The lowest BCUT2D eigenvalue weighted by Gasteiger charge is -2.15. The molecule has 0 unspecified atom stereocenters. The van der Waals surface area contributed by atoms with Crippen LogP contribution in [0.3, 0.4) is 0 Å². The highest BCUT2D eigenvalue weighted by molar-refractivity contribution is 5.95. The smallest absolute Gasteiger partial charge is 0.251 e. The number of rotatable bonds is 8. The molecule has 0 saturated heterocycles. The highest BCUT2D eigenvalue weighted by Crippen LogP contribution is 2.40. The molecule has 1 fully saturated rings. The number of nitrogens with zero attached hydrogens (tertiary/aromatic N) is 2. The molecule has 2 aromatic carbocycles. The molecule has 3 aromatic rings. The number of benzene rings is 2. The summed E-state index contributed by atoms with van der Waals surface area (Å²) in [6, 6.07) is 13.1. The van der Waals surface area contributed by atoms with Crippen LogP contribution in [0.4, 0.5) is 11.5 Å². The lowest BCUT2D eigenvalue weighted by molar-refractivity contribution is 0.0951. The zero-order valence-electron chi connectivity index (χ0n) is 17.6. The molecule has 8 heteroatoms. The number of aromatic nitrogens is 2. The summed E-state index contributed by atoms with van der Waals surface area (Å²) in [5.74, 6) is 2.17. The first-order valence-corrected chi connectivity index (χ1v) is 9.91. The molecule has 160 valence electrons. The number of nitrogens with one attached hydrogen (secondary N) is 2. The van der Waals surface area contributed by atoms with Crippen molar-refractivity contribution in [3.63, 3.8) is 0 Å². The third-order valence-corrected chi connectivity index (χ3v) is 4.96. The highest BCUT2D eigenvalue weighted by Gasteiger charge is 2.23. The van der Waals surface area contributed by atoms with Crippen LogP contribution < -0.4 is 24.8 Å². The largest absolute Gasteiger partial charge is 0.493 e. The van der Waals surface area contributed by atoms with E-state index in [-0.39, 0.29) is 5.91 Å². The molecule has 8 nitrogen and oxygen atoms in total. The van der Waals surface area contributed by atoms with E-state index in [4.69, 9.17) is 14.2 Å². The van der Waals surface area contributed by atoms with Crippen LogP contribution in [0.25, 0.3) is 11.3 Å². The van der Waals surface area contributed by atoms with Gasteiger partial charge in [0.2, 0.25) is 5.75 Å². The van der Waals surface area contributed by atoms with Gasteiger partial charge < -0.3 is 24.8 Å². The van der Waals surface area contributed by atoms with Crippen molar-refractivity contribution < 1.29 is 19.0 Å². The van der Waals surface area contributed by atoms with Crippen LogP contribution in [0.1, 0.15) is 23.2 Å².